The van der Waals surface area contributed by atoms with E-state index in [-0.39, 0.29) is 11.7 Å². The van der Waals surface area contributed by atoms with Crippen LogP contribution in [0.5, 0.6) is 0 Å². The first-order valence-electron chi connectivity index (χ1n) is 6.47. The molecular weight excluding hydrogens is 322 g/mol. The molecule has 0 heterocycles. The van der Waals surface area contributed by atoms with Crippen LogP contribution in [0.15, 0.2) is 21.8 Å². The summed E-state index contributed by atoms with van der Waals surface area (Å²) < 4.78 is 0.831. The number of amides is 1. The van der Waals surface area contributed by atoms with Crippen LogP contribution in [0.3, 0.4) is 0 Å². The first kappa shape index (κ1) is 14.8. The van der Waals surface area contributed by atoms with Crippen LogP contribution in [0.2, 0.25) is 0 Å². The molecule has 0 unspecified atom stereocenters. The fourth-order valence-electron chi connectivity index (χ4n) is 2.53. The Kier molecular flexibility index (Phi) is 4.04. The van der Waals surface area contributed by atoms with Gasteiger partial charge in [-0.1, -0.05) is 17.6 Å². The summed E-state index contributed by atoms with van der Waals surface area (Å²) in [5.74, 6) is -0.228. The summed E-state index contributed by atoms with van der Waals surface area (Å²) in [6.07, 6.45) is 2.12. The van der Waals surface area contributed by atoms with Gasteiger partial charge in [0.25, 0.3) is 0 Å². The quantitative estimate of drug-likeness (QED) is 0.342. The second-order valence-corrected chi connectivity index (χ2v) is 6.17. The third kappa shape index (κ3) is 2.40. The summed E-state index contributed by atoms with van der Waals surface area (Å²) in [6, 6.07) is 3.94. The lowest BCUT2D eigenvalue weighted by Gasteiger charge is -2.38. The van der Waals surface area contributed by atoms with Gasteiger partial charge in [0.15, 0.2) is 5.84 Å². The molecule has 1 aliphatic carbocycles. The molecule has 1 saturated carbocycles. The Balaban J connectivity index is 2.29. The molecule has 1 fully saturated rings. The SMILES string of the molecule is Cc1cc(C)c(NC(=O)C2(/C(N)=N/O)CCC2)c(Br)c1. The molecule has 5 nitrogen and oxygen atoms in total. The van der Waals surface area contributed by atoms with E-state index in [2.05, 4.69) is 26.4 Å². The first-order valence-corrected chi connectivity index (χ1v) is 7.26. The van der Waals surface area contributed by atoms with Crippen molar-refractivity contribution in [1.29, 1.82) is 0 Å². The van der Waals surface area contributed by atoms with Crippen molar-refractivity contribution in [3.8, 4) is 0 Å². The standard InChI is InChI=1S/C14H18BrN3O2/c1-8-6-9(2)11(10(15)7-8)17-13(19)14(4-3-5-14)12(16)18-20/h6-7,20H,3-5H2,1-2H3,(H2,16,18)(H,17,19). The topological polar surface area (TPSA) is 87.7 Å². The molecule has 0 spiro atoms. The van der Waals surface area contributed by atoms with Crippen molar-refractivity contribution in [1.82, 2.24) is 0 Å². The van der Waals surface area contributed by atoms with E-state index in [4.69, 9.17) is 10.9 Å². The van der Waals surface area contributed by atoms with Crippen molar-refractivity contribution < 1.29 is 10.0 Å². The van der Waals surface area contributed by atoms with Crippen LogP contribution in [0.25, 0.3) is 0 Å². The molecule has 1 aromatic carbocycles. The zero-order valence-corrected chi connectivity index (χ0v) is 13.1. The number of nitrogens with zero attached hydrogens (tertiary/aromatic N) is 1. The fraction of sp³-hybridized carbons (Fsp3) is 0.429. The summed E-state index contributed by atoms with van der Waals surface area (Å²) in [6.45, 7) is 3.93. The third-order valence-electron chi connectivity index (χ3n) is 3.91. The van der Waals surface area contributed by atoms with Crippen molar-refractivity contribution in [2.45, 2.75) is 33.1 Å². The molecule has 2 rings (SSSR count). The van der Waals surface area contributed by atoms with Crippen molar-refractivity contribution >= 4 is 33.4 Å². The molecule has 1 aliphatic rings. The minimum atomic E-state index is -0.870. The Morgan fingerprint density at radius 2 is 2.10 bits per heavy atom. The van der Waals surface area contributed by atoms with E-state index in [0.717, 1.165) is 27.7 Å². The van der Waals surface area contributed by atoms with Crippen molar-refractivity contribution in [3.05, 3.63) is 27.7 Å². The van der Waals surface area contributed by atoms with Crippen LogP contribution in [0, 0.1) is 19.3 Å². The van der Waals surface area contributed by atoms with Gasteiger partial charge in [-0.25, -0.2) is 0 Å². The maximum Gasteiger partial charge on any atom is 0.238 e. The van der Waals surface area contributed by atoms with Crippen LogP contribution < -0.4 is 11.1 Å². The lowest BCUT2D eigenvalue weighted by Crippen LogP contribution is -2.51. The summed E-state index contributed by atoms with van der Waals surface area (Å²) in [5, 5.41) is 14.8. The minimum Gasteiger partial charge on any atom is -0.409 e. The second kappa shape index (κ2) is 5.44. The Labute approximate surface area is 126 Å². The lowest BCUT2D eigenvalue weighted by atomic mass is 9.67. The number of amidine groups is 1. The molecule has 20 heavy (non-hydrogen) atoms. The van der Waals surface area contributed by atoms with Gasteiger partial charge in [-0.2, -0.15) is 0 Å². The van der Waals surface area contributed by atoms with Crippen LogP contribution in [0.1, 0.15) is 30.4 Å². The number of aryl methyl sites for hydroxylation is 2. The monoisotopic (exact) mass is 339 g/mol. The molecule has 0 atom stereocenters. The normalized spacial score (nSPS) is 17.4. The third-order valence-corrected chi connectivity index (χ3v) is 4.54. The van der Waals surface area contributed by atoms with Gasteiger partial charge in [0.1, 0.15) is 5.41 Å². The number of carbonyl (C=O) groups excluding carboxylic acids is 1. The summed E-state index contributed by atoms with van der Waals surface area (Å²) in [7, 11) is 0. The number of hydrogen-bond acceptors (Lipinski definition) is 3. The van der Waals surface area contributed by atoms with Crippen LogP contribution in [0.4, 0.5) is 5.69 Å². The van der Waals surface area contributed by atoms with Gasteiger partial charge in [0.05, 0.1) is 5.69 Å². The van der Waals surface area contributed by atoms with Crippen molar-refractivity contribution in [2.24, 2.45) is 16.3 Å². The Morgan fingerprint density at radius 1 is 1.45 bits per heavy atom. The smallest absolute Gasteiger partial charge is 0.238 e. The van der Waals surface area contributed by atoms with E-state index in [9.17, 15) is 4.79 Å². The van der Waals surface area contributed by atoms with Gasteiger partial charge in [-0.3, -0.25) is 4.79 Å². The number of benzene rings is 1. The average Bonchev–Trinajstić information content (AvgIpc) is 2.32. The Hall–Kier alpha value is -1.56. The van der Waals surface area contributed by atoms with Gasteiger partial charge in [-0.15, -0.1) is 0 Å². The minimum absolute atomic E-state index is 0.0119. The molecule has 1 aromatic rings. The molecule has 6 heteroatoms. The first-order chi connectivity index (χ1) is 9.40. The van der Waals surface area contributed by atoms with E-state index in [0.29, 0.717) is 12.8 Å². The Morgan fingerprint density at radius 3 is 2.55 bits per heavy atom. The zero-order chi connectivity index (χ0) is 14.9. The van der Waals surface area contributed by atoms with Crippen molar-refractivity contribution in [2.75, 3.05) is 5.32 Å². The average molecular weight is 340 g/mol. The highest BCUT2D eigenvalue weighted by molar-refractivity contribution is 9.10. The molecule has 108 valence electrons. The van der Waals surface area contributed by atoms with Gasteiger partial charge in [0, 0.05) is 4.47 Å². The van der Waals surface area contributed by atoms with Gasteiger partial charge in [0.2, 0.25) is 5.91 Å². The van der Waals surface area contributed by atoms with Crippen molar-refractivity contribution in [3.63, 3.8) is 0 Å². The number of hydrogen-bond donors (Lipinski definition) is 3. The molecular formula is C14H18BrN3O2. The molecule has 1 amide bonds. The van der Waals surface area contributed by atoms with Crippen LogP contribution in [-0.2, 0) is 4.79 Å². The highest BCUT2D eigenvalue weighted by Gasteiger charge is 2.48. The maximum atomic E-state index is 12.5. The largest absolute Gasteiger partial charge is 0.409 e. The van der Waals surface area contributed by atoms with E-state index in [1.165, 1.54) is 0 Å². The molecule has 0 bridgehead atoms. The number of nitrogens with one attached hydrogen (secondary N) is 1. The number of carbonyl (C=O) groups is 1. The Bertz CT molecular complexity index is 557. The fourth-order valence-corrected chi connectivity index (χ4v) is 3.31. The number of oxime groups is 1. The van der Waals surface area contributed by atoms with E-state index < -0.39 is 5.41 Å². The molecule has 0 aliphatic heterocycles. The number of nitrogens with two attached hydrogens (primary N) is 1. The predicted octanol–water partition coefficient (Wildman–Crippen LogP) is 2.92. The van der Waals surface area contributed by atoms with Crippen LogP contribution in [-0.4, -0.2) is 17.0 Å². The highest BCUT2D eigenvalue weighted by atomic mass is 79.9. The lowest BCUT2D eigenvalue weighted by molar-refractivity contribution is -0.125. The zero-order valence-electron chi connectivity index (χ0n) is 11.5. The summed E-state index contributed by atoms with van der Waals surface area (Å²) in [4.78, 5) is 12.5. The summed E-state index contributed by atoms with van der Waals surface area (Å²) >= 11 is 3.46. The molecule has 0 saturated heterocycles. The number of anilines is 1. The number of rotatable bonds is 3. The second-order valence-electron chi connectivity index (χ2n) is 5.31. The maximum absolute atomic E-state index is 12.5. The number of halogens is 1. The molecule has 0 radical (unpaired) electrons. The van der Waals surface area contributed by atoms with Gasteiger partial charge in [-0.05, 0) is 59.8 Å². The summed E-state index contributed by atoms with van der Waals surface area (Å²) in [5.41, 5.74) is 7.64. The predicted molar refractivity (Wildman–Crippen MR) is 81.9 cm³/mol. The van der Waals surface area contributed by atoms with Gasteiger partial charge < -0.3 is 16.3 Å². The van der Waals surface area contributed by atoms with Gasteiger partial charge >= 0.3 is 0 Å². The molecule has 0 aromatic heterocycles. The van der Waals surface area contributed by atoms with E-state index >= 15 is 0 Å². The van der Waals surface area contributed by atoms with E-state index in [1.807, 2.05) is 26.0 Å². The van der Waals surface area contributed by atoms with Crippen LogP contribution >= 0.6 is 15.9 Å². The highest BCUT2D eigenvalue weighted by Crippen LogP contribution is 2.42. The van der Waals surface area contributed by atoms with E-state index in [1.54, 1.807) is 0 Å². The molecule has 4 N–H and O–H groups in total.